The molecule has 2 heterocycles. The van der Waals surface area contributed by atoms with E-state index in [4.69, 9.17) is 0 Å². The molecule has 1 amide bonds. The van der Waals surface area contributed by atoms with Crippen molar-refractivity contribution in [2.24, 2.45) is 0 Å². The van der Waals surface area contributed by atoms with Crippen molar-refractivity contribution in [2.45, 2.75) is 19.0 Å². The summed E-state index contributed by atoms with van der Waals surface area (Å²) in [7, 11) is 0. The number of halogens is 3. The average molecular weight is 284 g/mol. The molecule has 0 atom stereocenters. The van der Waals surface area contributed by atoms with E-state index in [0.717, 1.165) is 5.56 Å². The summed E-state index contributed by atoms with van der Waals surface area (Å²) in [5.74, 6) is -0.553. The summed E-state index contributed by atoms with van der Waals surface area (Å²) in [6, 6.07) is 5.05. The number of rotatable bonds is 4. The van der Waals surface area contributed by atoms with Gasteiger partial charge in [0.25, 0.3) is 0 Å². The minimum Gasteiger partial charge on any atom is -0.309 e. The highest BCUT2D eigenvalue weighted by molar-refractivity contribution is 5.90. The van der Waals surface area contributed by atoms with Crippen LogP contribution in [0.1, 0.15) is 12.8 Å². The molecular formula is C12H11F3N4O. The first kappa shape index (κ1) is 14.0. The number of nitrogens with zero attached hydrogens (tertiary/aromatic N) is 2. The Kier molecular flexibility index (Phi) is 4.02. The van der Waals surface area contributed by atoms with Crippen LogP contribution in [0.15, 0.2) is 30.6 Å². The number of anilines is 1. The molecule has 0 spiro atoms. The van der Waals surface area contributed by atoms with Gasteiger partial charge < -0.3 is 5.32 Å². The number of hydrogen-bond donors (Lipinski definition) is 2. The second-order valence-electron chi connectivity index (χ2n) is 4.07. The number of nitrogens with one attached hydrogen (secondary N) is 2. The van der Waals surface area contributed by atoms with Gasteiger partial charge in [0.1, 0.15) is 0 Å². The van der Waals surface area contributed by atoms with Gasteiger partial charge in [-0.25, -0.2) is 0 Å². The molecule has 5 nitrogen and oxygen atoms in total. The van der Waals surface area contributed by atoms with Crippen LogP contribution in [-0.2, 0) is 4.79 Å². The van der Waals surface area contributed by atoms with E-state index in [1.165, 1.54) is 6.07 Å². The van der Waals surface area contributed by atoms with Gasteiger partial charge in [0.15, 0.2) is 5.82 Å². The third-order valence-corrected chi connectivity index (χ3v) is 2.45. The third kappa shape index (κ3) is 4.08. The van der Waals surface area contributed by atoms with Crippen molar-refractivity contribution >= 4 is 11.7 Å². The van der Waals surface area contributed by atoms with Crippen molar-refractivity contribution in [1.82, 2.24) is 15.2 Å². The zero-order valence-electron chi connectivity index (χ0n) is 10.2. The van der Waals surface area contributed by atoms with Crippen molar-refractivity contribution in [3.63, 3.8) is 0 Å². The molecule has 0 aliphatic rings. The lowest BCUT2D eigenvalue weighted by molar-refractivity contribution is -0.142. The molecule has 106 valence electrons. The monoisotopic (exact) mass is 284 g/mol. The van der Waals surface area contributed by atoms with Crippen LogP contribution in [0, 0.1) is 0 Å². The average Bonchev–Trinajstić information content (AvgIpc) is 2.85. The summed E-state index contributed by atoms with van der Waals surface area (Å²) >= 11 is 0. The third-order valence-electron chi connectivity index (χ3n) is 2.45. The Labute approximate surface area is 112 Å². The van der Waals surface area contributed by atoms with Gasteiger partial charge in [0.05, 0.1) is 12.1 Å². The summed E-state index contributed by atoms with van der Waals surface area (Å²) in [5, 5.41) is 8.79. The van der Waals surface area contributed by atoms with E-state index < -0.39 is 24.9 Å². The molecule has 2 N–H and O–H groups in total. The fraction of sp³-hybridized carbons (Fsp3) is 0.250. The Morgan fingerprint density at radius 2 is 2.20 bits per heavy atom. The molecule has 0 bridgehead atoms. The molecule has 0 aromatic carbocycles. The van der Waals surface area contributed by atoms with E-state index >= 15 is 0 Å². The van der Waals surface area contributed by atoms with Crippen LogP contribution >= 0.6 is 0 Å². The number of pyridine rings is 1. The lowest BCUT2D eigenvalue weighted by Gasteiger charge is -2.05. The number of aromatic amines is 1. The molecule has 0 aliphatic heterocycles. The van der Waals surface area contributed by atoms with Gasteiger partial charge in [-0.1, -0.05) is 0 Å². The fourth-order valence-electron chi connectivity index (χ4n) is 1.52. The predicted octanol–water partition coefficient (Wildman–Crippen LogP) is 2.75. The van der Waals surface area contributed by atoms with Crippen molar-refractivity contribution in [3.8, 4) is 11.3 Å². The van der Waals surface area contributed by atoms with E-state index in [9.17, 15) is 18.0 Å². The normalized spacial score (nSPS) is 11.3. The topological polar surface area (TPSA) is 70.7 Å². The second-order valence-corrected chi connectivity index (χ2v) is 4.07. The standard InChI is InChI=1S/C12H11F3N4O/c13-12(14,15)4-3-11(20)17-10-6-9(18-19-10)8-2-1-5-16-7-8/h1-2,5-7H,3-4H2,(H2,17,18,19,20). The Balaban J connectivity index is 1.95. The summed E-state index contributed by atoms with van der Waals surface area (Å²) in [6.07, 6.45) is -2.91. The van der Waals surface area contributed by atoms with Gasteiger partial charge in [0.2, 0.25) is 5.91 Å². The number of carbonyl (C=O) groups is 1. The van der Waals surface area contributed by atoms with Crippen molar-refractivity contribution in [3.05, 3.63) is 30.6 Å². The van der Waals surface area contributed by atoms with Gasteiger partial charge in [-0.05, 0) is 12.1 Å². The van der Waals surface area contributed by atoms with E-state index in [1.807, 2.05) is 0 Å². The quantitative estimate of drug-likeness (QED) is 0.906. The minimum absolute atomic E-state index is 0.177. The van der Waals surface area contributed by atoms with Gasteiger partial charge in [-0.15, -0.1) is 0 Å². The van der Waals surface area contributed by atoms with E-state index in [-0.39, 0.29) is 5.82 Å². The summed E-state index contributed by atoms with van der Waals surface area (Å²) in [4.78, 5) is 15.3. The molecule has 0 fully saturated rings. The molecular weight excluding hydrogens is 273 g/mol. The minimum atomic E-state index is -4.34. The van der Waals surface area contributed by atoms with Crippen LogP contribution in [0.5, 0.6) is 0 Å². The zero-order chi connectivity index (χ0) is 14.6. The highest BCUT2D eigenvalue weighted by atomic mass is 19.4. The molecule has 20 heavy (non-hydrogen) atoms. The first-order valence-corrected chi connectivity index (χ1v) is 5.76. The highest BCUT2D eigenvalue weighted by Crippen LogP contribution is 2.22. The lowest BCUT2D eigenvalue weighted by Crippen LogP contribution is -2.16. The van der Waals surface area contributed by atoms with Crippen molar-refractivity contribution < 1.29 is 18.0 Å². The second kappa shape index (κ2) is 5.72. The predicted molar refractivity (Wildman–Crippen MR) is 65.7 cm³/mol. The first-order valence-electron chi connectivity index (χ1n) is 5.76. The summed E-state index contributed by atoms with van der Waals surface area (Å²) in [6.45, 7) is 0. The lowest BCUT2D eigenvalue weighted by atomic mass is 10.2. The van der Waals surface area contributed by atoms with Crippen LogP contribution in [0.25, 0.3) is 11.3 Å². The SMILES string of the molecule is O=C(CCC(F)(F)F)Nc1cc(-c2cccnc2)[nH]n1. The molecule has 8 heteroatoms. The fourth-order valence-corrected chi connectivity index (χ4v) is 1.52. The number of amides is 1. The Morgan fingerprint density at radius 1 is 1.40 bits per heavy atom. The largest absolute Gasteiger partial charge is 0.389 e. The number of carbonyl (C=O) groups excluding carboxylic acids is 1. The molecule has 2 aromatic rings. The van der Waals surface area contributed by atoms with Crippen LogP contribution in [0.4, 0.5) is 19.0 Å². The maximum atomic E-state index is 12.0. The van der Waals surface area contributed by atoms with Crippen molar-refractivity contribution in [1.29, 1.82) is 0 Å². The van der Waals surface area contributed by atoms with Gasteiger partial charge >= 0.3 is 6.18 Å². The maximum Gasteiger partial charge on any atom is 0.389 e. The van der Waals surface area contributed by atoms with Crippen LogP contribution in [0.3, 0.4) is 0 Å². The number of aromatic nitrogens is 3. The number of H-pyrrole nitrogens is 1. The molecule has 0 saturated heterocycles. The van der Waals surface area contributed by atoms with Gasteiger partial charge in [-0.2, -0.15) is 18.3 Å². The molecule has 2 rings (SSSR count). The van der Waals surface area contributed by atoms with Crippen LogP contribution in [0.2, 0.25) is 0 Å². The smallest absolute Gasteiger partial charge is 0.309 e. The molecule has 0 aliphatic carbocycles. The van der Waals surface area contributed by atoms with Gasteiger partial charge in [0, 0.05) is 30.4 Å². The molecule has 0 unspecified atom stereocenters. The van der Waals surface area contributed by atoms with Crippen molar-refractivity contribution in [2.75, 3.05) is 5.32 Å². The van der Waals surface area contributed by atoms with E-state index in [0.29, 0.717) is 5.69 Å². The molecule has 2 aromatic heterocycles. The maximum absolute atomic E-state index is 12.0. The highest BCUT2D eigenvalue weighted by Gasteiger charge is 2.27. The Bertz CT molecular complexity index is 580. The number of hydrogen-bond acceptors (Lipinski definition) is 3. The van der Waals surface area contributed by atoms with E-state index in [1.54, 1.807) is 24.5 Å². The Morgan fingerprint density at radius 3 is 2.85 bits per heavy atom. The Hall–Kier alpha value is -2.38. The van der Waals surface area contributed by atoms with E-state index in [2.05, 4.69) is 20.5 Å². The number of alkyl halides is 3. The zero-order valence-corrected chi connectivity index (χ0v) is 10.2. The van der Waals surface area contributed by atoms with Crippen LogP contribution in [-0.4, -0.2) is 27.3 Å². The summed E-state index contributed by atoms with van der Waals surface area (Å²) in [5.41, 5.74) is 1.38. The summed E-state index contributed by atoms with van der Waals surface area (Å²) < 4.78 is 35.9. The molecule has 0 radical (unpaired) electrons. The first-order chi connectivity index (χ1) is 9.44. The molecule has 0 saturated carbocycles. The van der Waals surface area contributed by atoms with Crippen LogP contribution < -0.4 is 5.32 Å². The van der Waals surface area contributed by atoms with Gasteiger partial charge in [-0.3, -0.25) is 14.9 Å².